The number of ether oxygens (including phenoxy) is 1. The van der Waals surface area contributed by atoms with Gasteiger partial charge in [-0.15, -0.1) is 0 Å². The van der Waals surface area contributed by atoms with Crippen LogP contribution in [-0.2, 0) is 4.74 Å². The summed E-state index contributed by atoms with van der Waals surface area (Å²) in [6.45, 7) is 8.48. The fourth-order valence-electron chi connectivity index (χ4n) is 2.30. The summed E-state index contributed by atoms with van der Waals surface area (Å²) in [6, 6.07) is 9.32. The molecule has 1 fully saturated rings. The first kappa shape index (κ1) is 12.4. The molecule has 0 radical (unpaired) electrons. The maximum atomic E-state index is 5.47. The first-order chi connectivity index (χ1) is 8.16. The Kier molecular flexibility index (Phi) is 4.06. The lowest BCUT2D eigenvalue weighted by Gasteiger charge is -2.30. The van der Waals surface area contributed by atoms with Crippen LogP contribution < -0.4 is 5.32 Å². The minimum atomic E-state index is 0.547. The lowest BCUT2D eigenvalue weighted by atomic mass is 9.97. The summed E-state index contributed by atoms with van der Waals surface area (Å²) in [5.74, 6) is 1.18. The van der Waals surface area contributed by atoms with E-state index in [1.807, 2.05) is 0 Å². The standard InChI is InChI=1S/C15H23NO/c1-11(2)13-5-4-6-14(9-13)16-15-7-8-17-10-12(15)3/h4-6,9,11-12,15-16H,7-8,10H2,1-3H3/t12-,15?/m1/s1. The lowest BCUT2D eigenvalue weighted by molar-refractivity contribution is 0.0538. The van der Waals surface area contributed by atoms with E-state index in [1.54, 1.807) is 0 Å². The summed E-state index contributed by atoms with van der Waals surface area (Å²) >= 11 is 0. The molecule has 2 heteroatoms. The minimum absolute atomic E-state index is 0.547. The van der Waals surface area contributed by atoms with E-state index >= 15 is 0 Å². The van der Waals surface area contributed by atoms with E-state index in [0.29, 0.717) is 17.9 Å². The van der Waals surface area contributed by atoms with Gasteiger partial charge in [0.2, 0.25) is 0 Å². The van der Waals surface area contributed by atoms with Crippen LogP contribution in [0, 0.1) is 5.92 Å². The van der Waals surface area contributed by atoms with E-state index in [2.05, 4.69) is 50.4 Å². The Labute approximate surface area is 104 Å². The molecule has 1 N–H and O–H groups in total. The van der Waals surface area contributed by atoms with Crippen LogP contribution in [-0.4, -0.2) is 19.3 Å². The van der Waals surface area contributed by atoms with E-state index in [-0.39, 0.29) is 0 Å². The van der Waals surface area contributed by atoms with E-state index in [9.17, 15) is 0 Å². The van der Waals surface area contributed by atoms with Gasteiger partial charge in [0.05, 0.1) is 6.61 Å². The molecule has 1 aliphatic heterocycles. The smallest absolute Gasteiger partial charge is 0.0511 e. The maximum Gasteiger partial charge on any atom is 0.0511 e. The molecule has 94 valence electrons. The van der Waals surface area contributed by atoms with Crippen LogP contribution in [0.25, 0.3) is 0 Å². The molecule has 0 saturated carbocycles. The van der Waals surface area contributed by atoms with Crippen molar-refractivity contribution in [3.8, 4) is 0 Å². The fraction of sp³-hybridized carbons (Fsp3) is 0.600. The predicted molar refractivity (Wildman–Crippen MR) is 72.5 cm³/mol. The highest BCUT2D eigenvalue weighted by molar-refractivity contribution is 5.47. The minimum Gasteiger partial charge on any atom is -0.382 e. The van der Waals surface area contributed by atoms with Crippen LogP contribution in [0.4, 0.5) is 5.69 Å². The topological polar surface area (TPSA) is 21.3 Å². The van der Waals surface area contributed by atoms with Crippen LogP contribution in [0.5, 0.6) is 0 Å². The van der Waals surface area contributed by atoms with Crippen LogP contribution in [0.3, 0.4) is 0 Å². The van der Waals surface area contributed by atoms with Crippen molar-refractivity contribution >= 4 is 5.69 Å². The van der Waals surface area contributed by atoms with Crippen LogP contribution in [0.1, 0.15) is 38.7 Å². The van der Waals surface area contributed by atoms with Crippen molar-refractivity contribution in [2.75, 3.05) is 18.5 Å². The molecule has 1 unspecified atom stereocenters. The van der Waals surface area contributed by atoms with Gasteiger partial charge in [-0.1, -0.05) is 32.9 Å². The van der Waals surface area contributed by atoms with Crippen molar-refractivity contribution in [2.45, 2.75) is 39.2 Å². The zero-order valence-corrected chi connectivity index (χ0v) is 11.1. The Morgan fingerprint density at radius 1 is 1.35 bits per heavy atom. The van der Waals surface area contributed by atoms with Crippen LogP contribution >= 0.6 is 0 Å². The van der Waals surface area contributed by atoms with E-state index in [4.69, 9.17) is 4.74 Å². The number of rotatable bonds is 3. The fourth-order valence-corrected chi connectivity index (χ4v) is 2.30. The zero-order valence-electron chi connectivity index (χ0n) is 11.1. The SMILES string of the molecule is CC(C)c1cccc(NC2CCOC[C@H]2C)c1. The van der Waals surface area contributed by atoms with Gasteiger partial charge in [0, 0.05) is 18.3 Å². The van der Waals surface area contributed by atoms with Gasteiger partial charge in [0.15, 0.2) is 0 Å². The normalized spacial score (nSPS) is 24.9. The Bertz CT molecular complexity index is 362. The second-order valence-electron chi connectivity index (χ2n) is 5.37. The summed E-state index contributed by atoms with van der Waals surface area (Å²) in [6.07, 6.45) is 1.10. The molecule has 1 heterocycles. The van der Waals surface area contributed by atoms with Gasteiger partial charge >= 0.3 is 0 Å². The van der Waals surface area contributed by atoms with Crippen molar-refractivity contribution in [3.63, 3.8) is 0 Å². The van der Waals surface area contributed by atoms with Crippen molar-refractivity contribution in [2.24, 2.45) is 5.92 Å². The third-order valence-electron chi connectivity index (χ3n) is 3.55. The molecule has 0 bridgehead atoms. The lowest BCUT2D eigenvalue weighted by Crippen LogP contribution is -2.35. The molecule has 17 heavy (non-hydrogen) atoms. The quantitative estimate of drug-likeness (QED) is 0.860. The summed E-state index contributed by atoms with van der Waals surface area (Å²) in [4.78, 5) is 0. The van der Waals surface area contributed by atoms with Gasteiger partial charge in [-0.05, 0) is 36.0 Å². The van der Waals surface area contributed by atoms with Crippen molar-refractivity contribution in [1.29, 1.82) is 0 Å². The van der Waals surface area contributed by atoms with E-state index < -0.39 is 0 Å². The highest BCUT2D eigenvalue weighted by atomic mass is 16.5. The largest absolute Gasteiger partial charge is 0.382 e. The number of anilines is 1. The summed E-state index contributed by atoms with van der Waals surface area (Å²) in [7, 11) is 0. The van der Waals surface area contributed by atoms with Crippen molar-refractivity contribution in [3.05, 3.63) is 29.8 Å². The van der Waals surface area contributed by atoms with E-state index in [0.717, 1.165) is 19.6 Å². The molecule has 2 rings (SSSR count). The molecule has 0 amide bonds. The van der Waals surface area contributed by atoms with Gasteiger partial charge in [-0.3, -0.25) is 0 Å². The molecule has 1 saturated heterocycles. The number of hydrogen-bond donors (Lipinski definition) is 1. The third kappa shape index (κ3) is 3.22. The first-order valence-corrected chi connectivity index (χ1v) is 6.61. The molecular formula is C15H23NO. The van der Waals surface area contributed by atoms with Gasteiger partial charge in [-0.25, -0.2) is 0 Å². The van der Waals surface area contributed by atoms with Gasteiger partial charge < -0.3 is 10.1 Å². The summed E-state index contributed by atoms with van der Waals surface area (Å²) in [5, 5.41) is 3.65. The summed E-state index contributed by atoms with van der Waals surface area (Å²) in [5.41, 5.74) is 2.64. The molecule has 2 nitrogen and oxygen atoms in total. The van der Waals surface area contributed by atoms with Crippen molar-refractivity contribution < 1.29 is 4.74 Å². The van der Waals surface area contributed by atoms with Gasteiger partial charge in [-0.2, -0.15) is 0 Å². The summed E-state index contributed by atoms with van der Waals surface area (Å²) < 4.78 is 5.47. The molecule has 1 aromatic carbocycles. The molecule has 0 aromatic heterocycles. The molecule has 1 aliphatic rings. The van der Waals surface area contributed by atoms with E-state index in [1.165, 1.54) is 11.3 Å². The molecule has 1 aromatic rings. The molecule has 0 spiro atoms. The number of benzene rings is 1. The molecule has 0 aliphatic carbocycles. The monoisotopic (exact) mass is 233 g/mol. The highest BCUT2D eigenvalue weighted by Gasteiger charge is 2.21. The van der Waals surface area contributed by atoms with Crippen LogP contribution in [0.2, 0.25) is 0 Å². The Balaban J connectivity index is 2.04. The van der Waals surface area contributed by atoms with Gasteiger partial charge in [0.25, 0.3) is 0 Å². The Hall–Kier alpha value is -1.02. The Morgan fingerprint density at radius 2 is 2.18 bits per heavy atom. The first-order valence-electron chi connectivity index (χ1n) is 6.61. The van der Waals surface area contributed by atoms with Crippen LogP contribution in [0.15, 0.2) is 24.3 Å². The highest BCUT2D eigenvalue weighted by Crippen LogP contribution is 2.22. The second kappa shape index (κ2) is 5.54. The molecular weight excluding hydrogens is 210 g/mol. The predicted octanol–water partition coefficient (Wildman–Crippen LogP) is 3.65. The second-order valence-corrected chi connectivity index (χ2v) is 5.37. The average Bonchev–Trinajstić information content (AvgIpc) is 2.32. The zero-order chi connectivity index (χ0) is 12.3. The average molecular weight is 233 g/mol. The Morgan fingerprint density at radius 3 is 2.88 bits per heavy atom. The number of nitrogens with one attached hydrogen (secondary N) is 1. The van der Waals surface area contributed by atoms with Crippen molar-refractivity contribution in [1.82, 2.24) is 0 Å². The third-order valence-corrected chi connectivity index (χ3v) is 3.55. The molecule has 2 atom stereocenters. The maximum absolute atomic E-state index is 5.47. The van der Waals surface area contributed by atoms with Gasteiger partial charge in [0.1, 0.15) is 0 Å². The number of hydrogen-bond acceptors (Lipinski definition) is 2.